The largest absolute Gasteiger partial charge is 0.393 e. The highest BCUT2D eigenvalue weighted by Crippen LogP contribution is 2.38. The Morgan fingerprint density at radius 3 is 2.00 bits per heavy atom. The van der Waals surface area contributed by atoms with Crippen molar-refractivity contribution in [2.75, 3.05) is 0 Å². The summed E-state index contributed by atoms with van der Waals surface area (Å²) < 4.78 is 0. The molecule has 0 aliphatic heterocycles. The van der Waals surface area contributed by atoms with Gasteiger partial charge in [-0.3, -0.25) is 0 Å². The fraction of sp³-hybridized carbons (Fsp3) is 1.00. The van der Waals surface area contributed by atoms with Gasteiger partial charge in [-0.15, -0.1) is 0 Å². The van der Waals surface area contributed by atoms with E-state index in [1.807, 2.05) is 0 Å². The van der Waals surface area contributed by atoms with Crippen molar-refractivity contribution >= 4 is 0 Å². The summed E-state index contributed by atoms with van der Waals surface area (Å²) in [5.41, 5.74) is 0. The Balaban J connectivity index is 2.15. The van der Waals surface area contributed by atoms with Crippen molar-refractivity contribution in [1.29, 1.82) is 0 Å². The average Bonchev–Trinajstić information content (AvgIpc) is 2.76. The van der Waals surface area contributed by atoms with Crippen LogP contribution in [0, 0.1) is 11.8 Å². The van der Waals surface area contributed by atoms with Gasteiger partial charge in [0.2, 0.25) is 0 Å². The van der Waals surface area contributed by atoms with E-state index >= 15 is 0 Å². The first kappa shape index (κ1) is 17.0. The van der Waals surface area contributed by atoms with Crippen LogP contribution in [0.5, 0.6) is 0 Å². The van der Waals surface area contributed by atoms with Gasteiger partial charge < -0.3 is 5.11 Å². The number of hydrogen-bond donors (Lipinski definition) is 1. The smallest absolute Gasteiger partial charge is 0.0571 e. The number of hydrogen-bond acceptors (Lipinski definition) is 1. The van der Waals surface area contributed by atoms with E-state index in [0.29, 0.717) is 5.92 Å². The molecule has 1 aliphatic carbocycles. The lowest BCUT2D eigenvalue weighted by Gasteiger charge is -2.22. The number of rotatable bonds is 11. The van der Waals surface area contributed by atoms with Gasteiger partial charge in [-0.1, -0.05) is 78.1 Å². The fourth-order valence-corrected chi connectivity index (χ4v) is 3.73. The standard InChI is InChI=1S/C18H36O/c1-3-5-7-9-10-12-16-14-15-18(19)17(16)13-11-8-6-4-2/h16-19H,3-15H2,1-2H3/t16-,17+,18+/m0/s1. The highest BCUT2D eigenvalue weighted by atomic mass is 16.3. The summed E-state index contributed by atoms with van der Waals surface area (Å²) >= 11 is 0. The predicted octanol–water partition coefficient (Wildman–Crippen LogP) is 5.70. The zero-order valence-corrected chi connectivity index (χ0v) is 13.4. The second kappa shape index (κ2) is 10.7. The Hall–Kier alpha value is -0.0400. The van der Waals surface area contributed by atoms with Crippen LogP contribution in [0.1, 0.15) is 97.3 Å². The Morgan fingerprint density at radius 2 is 1.32 bits per heavy atom. The van der Waals surface area contributed by atoms with Crippen LogP contribution in [-0.4, -0.2) is 11.2 Å². The van der Waals surface area contributed by atoms with Gasteiger partial charge in [-0.05, 0) is 31.1 Å². The van der Waals surface area contributed by atoms with Gasteiger partial charge in [0.1, 0.15) is 0 Å². The van der Waals surface area contributed by atoms with Crippen LogP contribution in [0.3, 0.4) is 0 Å². The fourth-order valence-electron chi connectivity index (χ4n) is 3.73. The maximum absolute atomic E-state index is 10.2. The molecule has 1 nitrogen and oxygen atoms in total. The number of aliphatic hydroxyl groups is 1. The molecule has 0 aromatic heterocycles. The summed E-state index contributed by atoms with van der Waals surface area (Å²) in [4.78, 5) is 0. The summed E-state index contributed by atoms with van der Waals surface area (Å²) in [5.74, 6) is 1.46. The van der Waals surface area contributed by atoms with Crippen LogP contribution in [0.25, 0.3) is 0 Å². The molecule has 114 valence electrons. The van der Waals surface area contributed by atoms with Gasteiger partial charge in [0.25, 0.3) is 0 Å². The van der Waals surface area contributed by atoms with Crippen LogP contribution in [0.2, 0.25) is 0 Å². The summed E-state index contributed by atoms with van der Waals surface area (Å²) in [5, 5.41) is 10.2. The molecule has 0 heterocycles. The molecule has 0 spiro atoms. The maximum Gasteiger partial charge on any atom is 0.0571 e. The second-order valence-corrected chi connectivity index (χ2v) is 6.62. The Kier molecular flexibility index (Phi) is 9.59. The van der Waals surface area contributed by atoms with Crippen LogP contribution >= 0.6 is 0 Å². The quantitative estimate of drug-likeness (QED) is 0.476. The minimum Gasteiger partial charge on any atom is -0.393 e. The maximum atomic E-state index is 10.2. The summed E-state index contributed by atoms with van der Waals surface area (Å²) in [7, 11) is 0. The van der Waals surface area contributed by atoms with Gasteiger partial charge in [-0.2, -0.15) is 0 Å². The molecule has 0 amide bonds. The number of unbranched alkanes of at least 4 members (excludes halogenated alkanes) is 7. The summed E-state index contributed by atoms with van der Waals surface area (Å²) in [6.07, 6.45) is 17.3. The van der Waals surface area contributed by atoms with Crippen LogP contribution < -0.4 is 0 Å². The number of aliphatic hydroxyl groups excluding tert-OH is 1. The molecule has 0 aromatic rings. The third-order valence-electron chi connectivity index (χ3n) is 5.00. The Morgan fingerprint density at radius 1 is 0.737 bits per heavy atom. The molecule has 1 N–H and O–H groups in total. The second-order valence-electron chi connectivity index (χ2n) is 6.62. The third-order valence-corrected chi connectivity index (χ3v) is 5.00. The van der Waals surface area contributed by atoms with Crippen molar-refractivity contribution in [3.8, 4) is 0 Å². The Bertz CT molecular complexity index is 202. The van der Waals surface area contributed by atoms with E-state index in [9.17, 15) is 5.11 Å². The van der Waals surface area contributed by atoms with Crippen LogP contribution in [0.4, 0.5) is 0 Å². The SMILES string of the molecule is CCCCCCC[C@H]1CC[C@@H](O)[C@@H]1CCCCCC. The normalized spacial score (nSPS) is 27.0. The summed E-state index contributed by atoms with van der Waals surface area (Å²) in [6.45, 7) is 4.54. The molecule has 0 radical (unpaired) electrons. The third kappa shape index (κ3) is 6.79. The minimum absolute atomic E-state index is 0.0160. The van der Waals surface area contributed by atoms with Crippen molar-refractivity contribution in [2.45, 2.75) is 103 Å². The molecule has 0 bridgehead atoms. The minimum atomic E-state index is 0.0160. The molecule has 1 rings (SSSR count). The molecule has 1 saturated carbocycles. The molecule has 19 heavy (non-hydrogen) atoms. The summed E-state index contributed by atoms with van der Waals surface area (Å²) in [6, 6.07) is 0. The zero-order chi connectivity index (χ0) is 13.9. The molecule has 1 aliphatic rings. The first-order valence-corrected chi connectivity index (χ1v) is 8.97. The first-order valence-electron chi connectivity index (χ1n) is 8.97. The van der Waals surface area contributed by atoms with E-state index < -0.39 is 0 Å². The zero-order valence-electron chi connectivity index (χ0n) is 13.4. The molecule has 0 unspecified atom stereocenters. The van der Waals surface area contributed by atoms with Crippen molar-refractivity contribution in [3.05, 3.63) is 0 Å². The molecule has 1 heteroatoms. The van der Waals surface area contributed by atoms with Crippen molar-refractivity contribution in [3.63, 3.8) is 0 Å². The highest BCUT2D eigenvalue weighted by Gasteiger charge is 2.33. The van der Waals surface area contributed by atoms with E-state index in [-0.39, 0.29) is 6.10 Å². The van der Waals surface area contributed by atoms with Gasteiger partial charge in [0, 0.05) is 0 Å². The molecular formula is C18H36O. The average molecular weight is 268 g/mol. The van der Waals surface area contributed by atoms with Crippen molar-refractivity contribution in [2.24, 2.45) is 11.8 Å². The molecule has 0 saturated heterocycles. The molecule has 0 aromatic carbocycles. The molecule has 1 fully saturated rings. The lowest BCUT2D eigenvalue weighted by molar-refractivity contribution is 0.107. The lowest BCUT2D eigenvalue weighted by Crippen LogP contribution is -2.19. The van der Waals surface area contributed by atoms with E-state index in [0.717, 1.165) is 12.3 Å². The van der Waals surface area contributed by atoms with Gasteiger partial charge in [0.15, 0.2) is 0 Å². The van der Waals surface area contributed by atoms with E-state index in [1.54, 1.807) is 0 Å². The molecular weight excluding hydrogens is 232 g/mol. The topological polar surface area (TPSA) is 20.2 Å². The van der Waals surface area contributed by atoms with Crippen LogP contribution in [-0.2, 0) is 0 Å². The van der Waals surface area contributed by atoms with Crippen molar-refractivity contribution in [1.82, 2.24) is 0 Å². The van der Waals surface area contributed by atoms with Gasteiger partial charge >= 0.3 is 0 Å². The van der Waals surface area contributed by atoms with Gasteiger partial charge in [0.05, 0.1) is 6.10 Å². The highest BCUT2D eigenvalue weighted by molar-refractivity contribution is 4.84. The van der Waals surface area contributed by atoms with E-state index in [1.165, 1.54) is 77.0 Å². The first-order chi connectivity index (χ1) is 9.29. The lowest BCUT2D eigenvalue weighted by atomic mass is 9.86. The van der Waals surface area contributed by atoms with Crippen molar-refractivity contribution < 1.29 is 5.11 Å². The monoisotopic (exact) mass is 268 g/mol. The van der Waals surface area contributed by atoms with Crippen LogP contribution in [0.15, 0.2) is 0 Å². The van der Waals surface area contributed by atoms with E-state index in [4.69, 9.17) is 0 Å². The molecule has 3 atom stereocenters. The van der Waals surface area contributed by atoms with E-state index in [2.05, 4.69) is 13.8 Å². The predicted molar refractivity (Wildman–Crippen MR) is 84.4 cm³/mol. The Labute approximate surface area is 121 Å². The van der Waals surface area contributed by atoms with Gasteiger partial charge in [-0.25, -0.2) is 0 Å².